The van der Waals surface area contributed by atoms with Gasteiger partial charge in [-0.3, -0.25) is 4.79 Å². The lowest BCUT2D eigenvalue weighted by atomic mass is 10.1. The van der Waals surface area contributed by atoms with Gasteiger partial charge in [0.1, 0.15) is 5.60 Å². The molecule has 0 fully saturated rings. The van der Waals surface area contributed by atoms with E-state index >= 15 is 0 Å². The fraction of sp³-hybridized carbons (Fsp3) is 0.357. The SMILES string of the molecule is COC(C)(C)C(=O)Nc1ccc(C#CCN)cc1. The molecular weight excluding hydrogens is 228 g/mol. The Hall–Kier alpha value is -1.83. The Morgan fingerprint density at radius 1 is 1.39 bits per heavy atom. The van der Waals surface area contributed by atoms with Gasteiger partial charge in [-0.15, -0.1) is 0 Å². The molecule has 0 saturated carbocycles. The molecule has 1 rings (SSSR count). The Labute approximate surface area is 108 Å². The van der Waals surface area contributed by atoms with E-state index in [0.717, 1.165) is 5.56 Å². The van der Waals surface area contributed by atoms with Crippen molar-refractivity contribution in [3.05, 3.63) is 29.8 Å². The molecule has 4 heteroatoms. The maximum absolute atomic E-state index is 11.8. The minimum Gasteiger partial charge on any atom is -0.369 e. The highest BCUT2D eigenvalue weighted by atomic mass is 16.5. The Morgan fingerprint density at radius 3 is 2.50 bits per heavy atom. The normalized spacial score (nSPS) is 10.4. The summed E-state index contributed by atoms with van der Waals surface area (Å²) in [6, 6.07) is 7.25. The first-order chi connectivity index (χ1) is 8.49. The van der Waals surface area contributed by atoms with Gasteiger partial charge in [0.25, 0.3) is 5.91 Å². The first-order valence-corrected chi connectivity index (χ1v) is 5.65. The summed E-state index contributed by atoms with van der Waals surface area (Å²) in [5.74, 6) is 5.49. The second kappa shape index (κ2) is 6.20. The van der Waals surface area contributed by atoms with E-state index in [2.05, 4.69) is 17.2 Å². The molecule has 0 atom stereocenters. The molecule has 3 N–H and O–H groups in total. The van der Waals surface area contributed by atoms with Crippen LogP contribution in [-0.4, -0.2) is 25.2 Å². The van der Waals surface area contributed by atoms with Gasteiger partial charge in [0.05, 0.1) is 6.54 Å². The number of nitrogens with one attached hydrogen (secondary N) is 1. The van der Waals surface area contributed by atoms with Gasteiger partial charge < -0.3 is 15.8 Å². The van der Waals surface area contributed by atoms with Crippen LogP contribution in [0.3, 0.4) is 0 Å². The summed E-state index contributed by atoms with van der Waals surface area (Å²) in [5.41, 5.74) is 6.02. The van der Waals surface area contributed by atoms with E-state index in [-0.39, 0.29) is 5.91 Å². The maximum atomic E-state index is 11.8. The van der Waals surface area contributed by atoms with Crippen molar-refractivity contribution in [2.45, 2.75) is 19.4 Å². The number of carbonyl (C=O) groups excluding carboxylic acids is 1. The zero-order valence-corrected chi connectivity index (χ0v) is 10.9. The molecule has 0 aliphatic carbocycles. The second-order valence-electron chi connectivity index (χ2n) is 4.25. The van der Waals surface area contributed by atoms with Crippen molar-refractivity contribution < 1.29 is 9.53 Å². The topological polar surface area (TPSA) is 64.3 Å². The first kappa shape index (κ1) is 14.2. The Balaban J connectivity index is 2.73. The maximum Gasteiger partial charge on any atom is 0.256 e. The summed E-state index contributed by atoms with van der Waals surface area (Å²) in [6.07, 6.45) is 0. The third kappa shape index (κ3) is 3.88. The Bertz CT molecular complexity index is 467. The number of amides is 1. The first-order valence-electron chi connectivity index (χ1n) is 5.65. The lowest BCUT2D eigenvalue weighted by molar-refractivity contribution is -0.133. The number of methoxy groups -OCH3 is 1. The molecule has 0 heterocycles. The van der Waals surface area contributed by atoms with Crippen LogP contribution in [0, 0.1) is 11.8 Å². The zero-order valence-electron chi connectivity index (χ0n) is 10.9. The lowest BCUT2D eigenvalue weighted by Gasteiger charge is -2.21. The summed E-state index contributed by atoms with van der Waals surface area (Å²) >= 11 is 0. The minimum atomic E-state index is -0.849. The van der Waals surface area contributed by atoms with Crippen LogP contribution in [0.1, 0.15) is 19.4 Å². The third-order valence-corrected chi connectivity index (χ3v) is 2.53. The van der Waals surface area contributed by atoms with E-state index in [4.69, 9.17) is 10.5 Å². The molecule has 1 amide bonds. The average molecular weight is 246 g/mol. The Kier molecular flexibility index (Phi) is 4.90. The standard InChI is InChI=1S/C14H18N2O2/c1-14(2,18-3)13(17)16-12-8-6-11(7-9-12)5-4-10-15/h6-9H,10,15H2,1-3H3,(H,16,17). The van der Waals surface area contributed by atoms with Gasteiger partial charge in [0.2, 0.25) is 0 Å². The van der Waals surface area contributed by atoms with Crippen LogP contribution < -0.4 is 11.1 Å². The molecule has 0 unspecified atom stereocenters. The van der Waals surface area contributed by atoms with E-state index in [1.807, 2.05) is 12.1 Å². The van der Waals surface area contributed by atoms with Crippen LogP contribution in [0.5, 0.6) is 0 Å². The van der Waals surface area contributed by atoms with Crippen molar-refractivity contribution in [1.82, 2.24) is 0 Å². The van der Waals surface area contributed by atoms with Crippen molar-refractivity contribution in [1.29, 1.82) is 0 Å². The lowest BCUT2D eigenvalue weighted by Crippen LogP contribution is -2.38. The number of nitrogens with two attached hydrogens (primary N) is 1. The number of hydrogen-bond acceptors (Lipinski definition) is 3. The summed E-state index contributed by atoms with van der Waals surface area (Å²) in [5, 5.41) is 2.78. The number of carbonyl (C=O) groups is 1. The third-order valence-electron chi connectivity index (χ3n) is 2.53. The molecule has 0 aromatic heterocycles. The van der Waals surface area contributed by atoms with Gasteiger partial charge in [-0.25, -0.2) is 0 Å². The summed E-state index contributed by atoms with van der Waals surface area (Å²) in [7, 11) is 1.51. The quantitative estimate of drug-likeness (QED) is 0.791. The Morgan fingerprint density at radius 2 is 2.00 bits per heavy atom. The molecule has 1 aromatic rings. The fourth-order valence-corrected chi connectivity index (χ4v) is 1.16. The minimum absolute atomic E-state index is 0.189. The van der Waals surface area contributed by atoms with Crippen LogP contribution in [0.4, 0.5) is 5.69 Å². The van der Waals surface area contributed by atoms with Crippen LogP contribution in [-0.2, 0) is 9.53 Å². The molecule has 0 spiro atoms. The van der Waals surface area contributed by atoms with Crippen molar-refractivity contribution in [2.75, 3.05) is 19.0 Å². The molecule has 0 bridgehead atoms. The molecule has 1 aromatic carbocycles. The largest absolute Gasteiger partial charge is 0.369 e. The molecule has 0 aliphatic rings. The highest BCUT2D eigenvalue weighted by Gasteiger charge is 2.26. The second-order valence-corrected chi connectivity index (χ2v) is 4.25. The number of hydrogen-bond donors (Lipinski definition) is 2. The fourth-order valence-electron chi connectivity index (χ4n) is 1.16. The highest BCUT2D eigenvalue weighted by molar-refractivity contribution is 5.96. The molecule has 18 heavy (non-hydrogen) atoms. The predicted molar refractivity (Wildman–Crippen MR) is 72.1 cm³/mol. The zero-order chi connectivity index (χ0) is 13.6. The van der Waals surface area contributed by atoms with Crippen LogP contribution in [0.25, 0.3) is 0 Å². The van der Waals surface area contributed by atoms with Crippen LogP contribution in [0.15, 0.2) is 24.3 Å². The predicted octanol–water partition coefficient (Wildman–Crippen LogP) is 1.36. The molecule has 0 aliphatic heterocycles. The summed E-state index contributed by atoms with van der Waals surface area (Å²) in [4.78, 5) is 11.8. The number of rotatable bonds is 3. The molecule has 4 nitrogen and oxygen atoms in total. The van der Waals surface area contributed by atoms with E-state index in [0.29, 0.717) is 12.2 Å². The molecule has 0 radical (unpaired) electrons. The summed E-state index contributed by atoms with van der Waals surface area (Å²) < 4.78 is 5.10. The van der Waals surface area contributed by atoms with Gasteiger partial charge in [0, 0.05) is 18.4 Å². The van der Waals surface area contributed by atoms with Gasteiger partial charge in [-0.2, -0.15) is 0 Å². The van der Waals surface area contributed by atoms with Gasteiger partial charge in [-0.1, -0.05) is 11.8 Å². The van der Waals surface area contributed by atoms with E-state index in [1.54, 1.807) is 26.0 Å². The molecule has 0 saturated heterocycles. The van der Waals surface area contributed by atoms with E-state index < -0.39 is 5.60 Å². The van der Waals surface area contributed by atoms with E-state index in [1.165, 1.54) is 7.11 Å². The van der Waals surface area contributed by atoms with E-state index in [9.17, 15) is 4.79 Å². The molecule has 96 valence electrons. The molecular formula is C14H18N2O2. The van der Waals surface area contributed by atoms with Gasteiger partial charge >= 0.3 is 0 Å². The monoisotopic (exact) mass is 246 g/mol. The average Bonchev–Trinajstić information content (AvgIpc) is 2.37. The van der Waals surface area contributed by atoms with Crippen molar-refractivity contribution >= 4 is 11.6 Å². The van der Waals surface area contributed by atoms with Crippen molar-refractivity contribution in [3.8, 4) is 11.8 Å². The van der Waals surface area contributed by atoms with Crippen LogP contribution in [0.2, 0.25) is 0 Å². The summed E-state index contributed by atoms with van der Waals surface area (Å²) in [6.45, 7) is 3.76. The number of ether oxygens (including phenoxy) is 1. The van der Waals surface area contributed by atoms with Gasteiger partial charge in [0.15, 0.2) is 0 Å². The van der Waals surface area contributed by atoms with Crippen molar-refractivity contribution in [2.24, 2.45) is 5.73 Å². The number of benzene rings is 1. The van der Waals surface area contributed by atoms with Crippen molar-refractivity contribution in [3.63, 3.8) is 0 Å². The van der Waals surface area contributed by atoms with Gasteiger partial charge in [-0.05, 0) is 38.1 Å². The highest BCUT2D eigenvalue weighted by Crippen LogP contribution is 2.14. The van der Waals surface area contributed by atoms with Crippen LogP contribution >= 0.6 is 0 Å². The number of anilines is 1. The smallest absolute Gasteiger partial charge is 0.256 e.